The van der Waals surface area contributed by atoms with Crippen molar-refractivity contribution in [2.45, 2.75) is 83.3 Å². The molecular weight excluding hydrogens is 565 g/mol. The van der Waals surface area contributed by atoms with E-state index in [4.69, 9.17) is 16.3 Å². The molecule has 1 amide bonds. The molecule has 1 aromatic heterocycles. The number of carbonyl (C=O) groups excluding carboxylic acids is 1. The Morgan fingerprint density at radius 1 is 1.26 bits per heavy atom. The number of carbonyl (C=O) groups is 2. The number of sulfonamides is 1. The molecule has 0 saturated heterocycles. The normalized spacial score (nSPS) is 18.4. The van der Waals surface area contributed by atoms with E-state index < -0.39 is 51.1 Å². The van der Waals surface area contributed by atoms with Gasteiger partial charge in [0.2, 0.25) is 0 Å². The molecule has 0 fully saturated rings. The second kappa shape index (κ2) is 10.2. The summed E-state index contributed by atoms with van der Waals surface area (Å²) in [6, 6.07) is 2.35. The van der Waals surface area contributed by atoms with Gasteiger partial charge in [0.1, 0.15) is 28.6 Å². The smallest absolute Gasteiger partial charge is 0.412 e. The van der Waals surface area contributed by atoms with Crippen LogP contribution < -0.4 is 13.9 Å². The Labute approximate surface area is 229 Å². The number of hydrogen-bond acceptors (Lipinski definition) is 6. The van der Waals surface area contributed by atoms with Crippen LogP contribution >= 0.6 is 11.6 Å². The van der Waals surface area contributed by atoms with E-state index in [1.807, 2.05) is 0 Å². The number of aromatic nitrogens is 2. The lowest BCUT2D eigenvalue weighted by molar-refractivity contribution is -0.175. The summed E-state index contributed by atoms with van der Waals surface area (Å²) in [5.74, 6) is -0.0266. The summed E-state index contributed by atoms with van der Waals surface area (Å²) in [7, 11) is -4.50. The molecule has 10 nitrogen and oxygen atoms in total. The Morgan fingerprint density at radius 2 is 1.87 bits per heavy atom. The monoisotopic (exact) mass is 594 g/mol. The van der Waals surface area contributed by atoms with E-state index in [9.17, 15) is 36.3 Å². The molecule has 3 rings (SSSR count). The summed E-state index contributed by atoms with van der Waals surface area (Å²) >= 11 is 6.17. The molecule has 0 aliphatic carbocycles. The first-order valence-electron chi connectivity index (χ1n) is 11.9. The number of alkyl halides is 3. The first-order chi connectivity index (χ1) is 17.8. The summed E-state index contributed by atoms with van der Waals surface area (Å²) in [5, 5.41) is 13.4. The van der Waals surface area contributed by atoms with E-state index in [0.717, 1.165) is 16.4 Å². The Balaban J connectivity index is 2.27. The summed E-state index contributed by atoms with van der Waals surface area (Å²) in [5.41, 5.74) is -4.38. The highest BCUT2D eigenvalue weighted by Gasteiger charge is 2.54. The number of amides is 1. The van der Waals surface area contributed by atoms with E-state index in [1.165, 1.54) is 23.9 Å². The number of benzene rings is 1. The molecule has 1 aliphatic rings. The molecule has 0 spiro atoms. The fraction of sp³-hybridized carbons (Fsp3) is 0.542. The van der Waals surface area contributed by atoms with Gasteiger partial charge in [0, 0.05) is 18.2 Å². The van der Waals surface area contributed by atoms with Crippen molar-refractivity contribution >= 4 is 45.4 Å². The number of ether oxygens (including phenoxy) is 1. The number of anilines is 2. The van der Waals surface area contributed by atoms with Crippen LogP contribution in [0.4, 0.5) is 29.3 Å². The highest BCUT2D eigenvalue weighted by Crippen LogP contribution is 2.46. The van der Waals surface area contributed by atoms with Crippen molar-refractivity contribution in [1.29, 1.82) is 0 Å². The number of nitrogens with zero attached hydrogens (tertiary/aromatic N) is 4. The van der Waals surface area contributed by atoms with Gasteiger partial charge in [0.25, 0.3) is 10.0 Å². The van der Waals surface area contributed by atoms with E-state index >= 15 is 0 Å². The van der Waals surface area contributed by atoms with Gasteiger partial charge in [0.05, 0.1) is 17.4 Å². The van der Waals surface area contributed by atoms with Crippen LogP contribution in [0.5, 0.6) is 5.75 Å². The standard InChI is InChI=1S/C24H30ClF3N4O6S/c1-7-30-12-19(20(25)29-30)39(36,37)32-14(2)18(11-22(3,4)13-33)38-17-9-8-15(10-16(17)32)31(21(34)35)23(5,6)24(26,27)28/h8-10,12-14,18H,7,11H2,1-6H3,(H,34,35)/t14-,18-/m0/s1. The average Bonchev–Trinajstić information content (AvgIpc) is 3.20. The van der Waals surface area contributed by atoms with Crippen LogP contribution in [0.15, 0.2) is 29.3 Å². The topological polar surface area (TPSA) is 122 Å². The molecule has 39 heavy (non-hydrogen) atoms. The fourth-order valence-corrected chi connectivity index (χ4v) is 6.43. The Bertz CT molecular complexity index is 1380. The van der Waals surface area contributed by atoms with Crippen LogP contribution in [0.1, 0.15) is 48.0 Å². The molecule has 0 unspecified atom stereocenters. The molecule has 1 N–H and O–H groups in total. The van der Waals surface area contributed by atoms with E-state index in [0.29, 0.717) is 26.7 Å². The molecule has 216 valence electrons. The maximum atomic E-state index is 14.0. The van der Waals surface area contributed by atoms with Crippen molar-refractivity contribution in [1.82, 2.24) is 9.78 Å². The van der Waals surface area contributed by atoms with Crippen LogP contribution in [-0.2, 0) is 21.4 Å². The zero-order chi connectivity index (χ0) is 29.7. The molecule has 0 bridgehead atoms. The minimum Gasteiger partial charge on any atom is -0.486 e. The number of aldehydes is 1. The lowest BCUT2D eigenvalue weighted by Crippen LogP contribution is -2.57. The van der Waals surface area contributed by atoms with Crippen LogP contribution in [-0.4, -0.2) is 59.5 Å². The second-order valence-electron chi connectivity index (χ2n) is 10.5. The molecular formula is C24H30ClF3N4O6S. The first-order valence-corrected chi connectivity index (χ1v) is 13.7. The maximum Gasteiger partial charge on any atom is 0.412 e. The maximum absolute atomic E-state index is 14.0. The number of fused-ring (bicyclic) bond motifs is 1. The van der Waals surface area contributed by atoms with Crippen molar-refractivity contribution in [2.24, 2.45) is 5.41 Å². The largest absolute Gasteiger partial charge is 0.486 e. The third-order valence-corrected chi connectivity index (χ3v) is 8.95. The molecule has 1 aliphatic heterocycles. The molecule has 2 atom stereocenters. The van der Waals surface area contributed by atoms with Gasteiger partial charge in [-0.05, 0) is 52.3 Å². The summed E-state index contributed by atoms with van der Waals surface area (Å²) < 4.78 is 77.9. The number of carboxylic acid groups (broad SMARTS) is 1. The summed E-state index contributed by atoms with van der Waals surface area (Å²) in [6.07, 6.45) is -5.65. The Hall–Kier alpha value is -3.00. The molecule has 0 radical (unpaired) electrons. The lowest BCUT2D eigenvalue weighted by Gasteiger charge is -2.43. The van der Waals surface area contributed by atoms with E-state index in [2.05, 4.69) is 5.10 Å². The highest BCUT2D eigenvalue weighted by atomic mass is 35.5. The van der Waals surface area contributed by atoms with Gasteiger partial charge >= 0.3 is 12.3 Å². The van der Waals surface area contributed by atoms with Crippen molar-refractivity contribution in [3.63, 3.8) is 0 Å². The summed E-state index contributed by atoms with van der Waals surface area (Å²) in [6.45, 7) is 8.25. The predicted octanol–water partition coefficient (Wildman–Crippen LogP) is 5.34. The molecule has 2 heterocycles. The predicted molar refractivity (Wildman–Crippen MR) is 138 cm³/mol. The first kappa shape index (κ1) is 30.5. The zero-order valence-electron chi connectivity index (χ0n) is 22.2. The van der Waals surface area contributed by atoms with Crippen molar-refractivity contribution in [3.8, 4) is 5.75 Å². The highest BCUT2D eigenvalue weighted by molar-refractivity contribution is 7.93. The number of halogens is 4. The lowest BCUT2D eigenvalue weighted by atomic mass is 9.86. The van der Waals surface area contributed by atoms with Crippen LogP contribution in [0.2, 0.25) is 5.15 Å². The molecule has 0 saturated carbocycles. The van der Waals surface area contributed by atoms with Crippen molar-refractivity contribution < 1.29 is 41.0 Å². The third kappa shape index (κ3) is 5.53. The van der Waals surface area contributed by atoms with Gasteiger partial charge < -0.3 is 14.6 Å². The SMILES string of the molecule is CCn1cc(S(=O)(=O)N2c3cc(N(C(=O)O)C(C)(C)C(F)(F)F)ccc3O[C@@H](CC(C)(C)C=O)[C@@H]2C)c(Cl)n1. The van der Waals surface area contributed by atoms with Gasteiger partial charge in [-0.25, -0.2) is 13.2 Å². The quantitative estimate of drug-likeness (QED) is 0.409. The molecule has 2 aromatic rings. The second-order valence-corrected chi connectivity index (χ2v) is 12.6. The number of rotatable bonds is 8. The minimum atomic E-state index is -4.95. The Kier molecular flexibility index (Phi) is 7.98. The molecule has 15 heteroatoms. The van der Waals surface area contributed by atoms with E-state index in [-0.39, 0.29) is 32.8 Å². The van der Waals surface area contributed by atoms with Gasteiger partial charge in [-0.1, -0.05) is 25.4 Å². The van der Waals surface area contributed by atoms with Crippen LogP contribution in [0, 0.1) is 5.41 Å². The van der Waals surface area contributed by atoms with Crippen LogP contribution in [0.3, 0.4) is 0 Å². The van der Waals surface area contributed by atoms with Crippen molar-refractivity contribution in [3.05, 3.63) is 29.5 Å². The van der Waals surface area contributed by atoms with Gasteiger partial charge in [0.15, 0.2) is 5.15 Å². The molecule has 1 aromatic carbocycles. The number of aryl methyl sites for hydroxylation is 1. The van der Waals surface area contributed by atoms with E-state index in [1.54, 1.807) is 20.8 Å². The minimum absolute atomic E-state index is 0.0266. The zero-order valence-corrected chi connectivity index (χ0v) is 23.7. The summed E-state index contributed by atoms with van der Waals surface area (Å²) in [4.78, 5) is 23.4. The van der Waals surface area contributed by atoms with Crippen molar-refractivity contribution in [2.75, 3.05) is 9.21 Å². The average molecular weight is 595 g/mol. The van der Waals surface area contributed by atoms with Gasteiger partial charge in [-0.3, -0.25) is 13.9 Å². The Morgan fingerprint density at radius 3 is 2.36 bits per heavy atom. The van der Waals surface area contributed by atoms with Crippen LogP contribution in [0.25, 0.3) is 0 Å². The van der Waals surface area contributed by atoms with Gasteiger partial charge in [-0.2, -0.15) is 18.3 Å². The van der Waals surface area contributed by atoms with Gasteiger partial charge in [-0.15, -0.1) is 0 Å². The fourth-order valence-electron chi connectivity index (χ4n) is 4.30. The third-order valence-electron chi connectivity index (χ3n) is 6.66. The number of hydrogen-bond donors (Lipinski definition) is 1.